The van der Waals surface area contributed by atoms with Crippen molar-refractivity contribution in [3.63, 3.8) is 0 Å². The van der Waals surface area contributed by atoms with Crippen molar-refractivity contribution < 1.29 is 0 Å². The third-order valence-corrected chi connectivity index (χ3v) is 2.62. The predicted molar refractivity (Wildman–Crippen MR) is 55.9 cm³/mol. The second-order valence-electron chi connectivity index (χ2n) is 4.04. The monoisotopic (exact) mass is 200 g/mol. The Labute approximate surface area is 88.0 Å². The molecule has 76 valence electrons. The Morgan fingerprint density at radius 3 is 2.87 bits per heavy atom. The molecule has 15 heavy (non-hydrogen) atoms. The molecule has 0 spiro atoms. The van der Waals surface area contributed by atoms with E-state index in [-0.39, 0.29) is 0 Å². The minimum absolute atomic E-state index is 0.656. The Balaban J connectivity index is 2.00. The van der Waals surface area contributed by atoms with Crippen LogP contribution in [0.25, 0.3) is 5.82 Å². The number of hydrogen-bond acceptors (Lipinski definition) is 3. The van der Waals surface area contributed by atoms with Gasteiger partial charge in [-0.2, -0.15) is 5.10 Å². The molecule has 1 fully saturated rings. The fourth-order valence-corrected chi connectivity index (χ4v) is 1.63. The lowest BCUT2D eigenvalue weighted by atomic mass is 10.3. The predicted octanol–water partition coefficient (Wildman–Crippen LogP) is 1.85. The molecule has 0 N–H and O–H groups in total. The normalized spacial score (nSPS) is 15.5. The number of rotatable bonds is 2. The van der Waals surface area contributed by atoms with E-state index < -0.39 is 0 Å². The average Bonchev–Trinajstić information content (AvgIpc) is 3.02. The van der Waals surface area contributed by atoms with Crippen molar-refractivity contribution in [3.05, 3.63) is 36.0 Å². The Kier molecular flexibility index (Phi) is 1.80. The van der Waals surface area contributed by atoms with Gasteiger partial charge in [0.05, 0.1) is 6.20 Å². The maximum atomic E-state index is 4.28. The Morgan fingerprint density at radius 1 is 1.33 bits per heavy atom. The van der Waals surface area contributed by atoms with Crippen molar-refractivity contribution in [1.29, 1.82) is 0 Å². The van der Waals surface area contributed by atoms with Gasteiger partial charge in [-0.25, -0.2) is 14.6 Å². The van der Waals surface area contributed by atoms with Crippen LogP contribution in [0.1, 0.15) is 30.0 Å². The highest BCUT2D eigenvalue weighted by Crippen LogP contribution is 2.38. The number of hydrogen-bond donors (Lipinski definition) is 0. The van der Waals surface area contributed by atoms with Crippen molar-refractivity contribution in [2.75, 3.05) is 0 Å². The zero-order valence-electron chi connectivity index (χ0n) is 8.59. The zero-order chi connectivity index (χ0) is 10.3. The van der Waals surface area contributed by atoms with Crippen LogP contribution in [-0.4, -0.2) is 19.7 Å². The van der Waals surface area contributed by atoms with E-state index in [9.17, 15) is 0 Å². The first-order valence-corrected chi connectivity index (χ1v) is 5.16. The lowest BCUT2D eigenvalue weighted by Crippen LogP contribution is -2.00. The summed E-state index contributed by atoms with van der Waals surface area (Å²) in [4.78, 5) is 8.50. The standard InChI is InChI=1S/C11H12N4/c1-8-5-14-15(6-8)11-4-10(9-2-3-9)12-7-13-11/h4-7,9H,2-3H2,1H3. The molecule has 2 heterocycles. The van der Waals surface area contributed by atoms with Gasteiger partial charge in [0.15, 0.2) is 5.82 Å². The van der Waals surface area contributed by atoms with Crippen LogP contribution in [0.5, 0.6) is 0 Å². The molecular formula is C11H12N4. The van der Waals surface area contributed by atoms with Gasteiger partial charge in [0, 0.05) is 23.9 Å². The van der Waals surface area contributed by atoms with Crippen molar-refractivity contribution in [1.82, 2.24) is 19.7 Å². The molecule has 1 saturated carbocycles. The van der Waals surface area contributed by atoms with Crippen molar-refractivity contribution in [2.45, 2.75) is 25.7 Å². The van der Waals surface area contributed by atoms with Crippen molar-refractivity contribution in [2.24, 2.45) is 0 Å². The molecule has 0 atom stereocenters. The van der Waals surface area contributed by atoms with Gasteiger partial charge in [-0.15, -0.1) is 0 Å². The summed E-state index contributed by atoms with van der Waals surface area (Å²) in [6.45, 7) is 2.02. The second-order valence-corrected chi connectivity index (χ2v) is 4.04. The van der Waals surface area contributed by atoms with Gasteiger partial charge in [-0.1, -0.05) is 0 Å². The third kappa shape index (κ3) is 1.63. The van der Waals surface area contributed by atoms with Crippen LogP contribution in [0.3, 0.4) is 0 Å². The molecule has 1 aliphatic carbocycles. The quantitative estimate of drug-likeness (QED) is 0.743. The summed E-state index contributed by atoms with van der Waals surface area (Å²) in [6, 6.07) is 2.03. The molecule has 4 heteroatoms. The molecule has 0 saturated heterocycles. The summed E-state index contributed by atoms with van der Waals surface area (Å²) < 4.78 is 1.79. The topological polar surface area (TPSA) is 43.6 Å². The van der Waals surface area contributed by atoms with Crippen LogP contribution >= 0.6 is 0 Å². The van der Waals surface area contributed by atoms with Gasteiger partial charge in [0.1, 0.15) is 6.33 Å². The second kappa shape index (κ2) is 3.15. The largest absolute Gasteiger partial charge is 0.241 e. The molecule has 2 aromatic heterocycles. The highest BCUT2D eigenvalue weighted by molar-refractivity contribution is 5.27. The summed E-state index contributed by atoms with van der Waals surface area (Å²) in [5.41, 5.74) is 2.29. The molecule has 0 aliphatic heterocycles. The van der Waals surface area contributed by atoms with Crippen LogP contribution in [0.4, 0.5) is 0 Å². The first-order valence-electron chi connectivity index (χ1n) is 5.16. The van der Waals surface area contributed by atoms with Crippen LogP contribution in [0, 0.1) is 6.92 Å². The third-order valence-electron chi connectivity index (χ3n) is 2.62. The van der Waals surface area contributed by atoms with Crippen LogP contribution in [-0.2, 0) is 0 Å². The summed E-state index contributed by atoms with van der Waals surface area (Å²) in [5.74, 6) is 1.52. The number of aromatic nitrogens is 4. The molecule has 2 aromatic rings. The lowest BCUT2D eigenvalue weighted by molar-refractivity contribution is 0.827. The summed E-state index contributed by atoms with van der Waals surface area (Å²) in [5, 5.41) is 4.23. The number of nitrogens with zero attached hydrogens (tertiary/aromatic N) is 4. The Hall–Kier alpha value is -1.71. The van der Waals surface area contributed by atoms with Gasteiger partial charge in [0.25, 0.3) is 0 Å². The van der Waals surface area contributed by atoms with Gasteiger partial charge in [-0.05, 0) is 25.3 Å². The summed E-state index contributed by atoms with van der Waals surface area (Å²) in [6.07, 6.45) is 7.95. The average molecular weight is 200 g/mol. The van der Waals surface area contributed by atoms with E-state index in [1.807, 2.05) is 25.4 Å². The Morgan fingerprint density at radius 2 is 2.20 bits per heavy atom. The van der Waals surface area contributed by atoms with Crippen LogP contribution in [0.2, 0.25) is 0 Å². The highest BCUT2D eigenvalue weighted by Gasteiger charge is 2.25. The van der Waals surface area contributed by atoms with E-state index in [0.717, 1.165) is 17.1 Å². The fraction of sp³-hybridized carbons (Fsp3) is 0.364. The van der Waals surface area contributed by atoms with E-state index in [1.165, 1.54) is 12.8 Å². The van der Waals surface area contributed by atoms with Gasteiger partial charge >= 0.3 is 0 Å². The fourth-order valence-electron chi connectivity index (χ4n) is 1.63. The van der Waals surface area contributed by atoms with E-state index in [4.69, 9.17) is 0 Å². The van der Waals surface area contributed by atoms with E-state index >= 15 is 0 Å². The minimum Gasteiger partial charge on any atom is -0.241 e. The molecular weight excluding hydrogens is 188 g/mol. The molecule has 1 aliphatic rings. The van der Waals surface area contributed by atoms with Crippen LogP contribution in [0.15, 0.2) is 24.8 Å². The Bertz CT molecular complexity index is 485. The molecule has 3 rings (SSSR count). The summed E-state index contributed by atoms with van der Waals surface area (Å²) in [7, 11) is 0. The first-order chi connectivity index (χ1) is 7.33. The van der Waals surface area contributed by atoms with Gasteiger partial charge in [-0.3, -0.25) is 0 Å². The molecule has 0 bridgehead atoms. The SMILES string of the molecule is Cc1cnn(-c2cc(C3CC3)ncn2)c1. The maximum absolute atomic E-state index is 4.28. The molecule has 0 unspecified atom stereocenters. The van der Waals surface area contributed by atoms with Crippen molar-refractivity contribution >= 4 is 0 Å². The van der Waals surface area contributed by atoms with Gasteiger partial charge in [0.2, 0.25) is 0 Å². The van der Waals surface area contributed by atoms with Crippen molar-refractivity contribution in [3.8, 4) is 5.82 Å². The molecule has 0 radical (unpaired) electrons. The van der Waals surface area contributed by atoms with E-state index in [2.05, 4.69) is 15.1 Å². The smallest absolute Gasteiger partial charge is 0.156 e. The molecule has 0 aromatic carbocycles. The van der Waals surface area contributed by atoms with Gasteiger partial charge < -0.3 is 0 Å². The number of aryl methyl sites for hydroxylation is 1. The molecule has 0 amide bonds. The van der Waals surface area contributed by atoms with E-state index in [1.54, 1.807) is 11.0 Å². The summed E-state index contributed by atoms with van der Waals surface area (Å²) >= 11 is 0. The maximum Gasteiger partial charge on any atom is 0.156 e. The van der Waals surface area contributed by atoms with E-state index in [0.29, 0.717) is 5.92 Å². The zero-order valence-corrected chi connectivity index (χ0v) is 8.59. The first kappa shape index (κ1) is 8.59. The highest BCUT2D eigenvalue weighted by atomic mass is 15.3. The van der Waals surface area contributed by atoms with Crippen LogP contribution < -0.4 is 0 Å². The molecule has 4 nitrogen and oxygen atoms in total. The minimum atomic E-state index is 0.656. The lowest BCUT2D eigenvalue weighted by Gasteiger charge is -2.01.